The van der Waals surface area contributed by atoms with Crippen LogP contribution in [0.4, 0.5) is 8.78 Å². The summed E-state index contributed by atoms with van der Waals surface area (Å²) in [4.78, 5) is 24.8. The zero-order chi connectivity index (χ0) is 18.1. The number of nitrogens with one attached hydrogen (secondary N) is 2. The standard InChI is InChI=1S/C17H24F2N6O/c18-17(19)2-6-25(11-17)16(26)13-8-12(9-23-13)24-7-5-20-14(10-24)15-21-3-1-4-22-15/h1,3-4,12-14,20,23H,2,5-11H2/t12-,13-,14?/m0/s1. The number of halogens is 2. The third kappa shape index (κ3) is 3.70. The molecule has 3 fully saturated rings. The number of hydrogen-bond donors (Lipinski definition) is 2. The van der Waals surface area contributed by atoms with Crippen LogP contribution in [0, 0.1) is 0 Å². The zero-order valence-electron chi connectivity index (χ0n) is 14.6. The van der Waals surface area contributed by atoms with E-state index in [0.717, 1.165) is 25.5 Å². The van der Waals surface area contributed by atoms with Crippen LogP contribution < -0.4 is 10.6 Å². The first-order chi connectivity index (χ1) is 12.5. The summed E-state index contributed by atoms with van der Waals surface area (Å²) in [6.07, 6.45) is 3.90. The van der Waals surface area contributed by atoms with Gasteiger partial charge >= 0.3 is 0 Å². The highest BCUT2D eigenvalue weighted by molar-refractivity contribution is 5.82. The first-order valence-electron chi connectivity index (χ1n) is 9.16. The molecule has 0 aromatic carbocycles. The van der Waals surface area contributed by atoms with Gasteiger partial charge in [0.05, 0.1) is 18.6 Å². The third-order valence-corrected chi connectivity index (χ3v) is 5.51. The van der Waals surface area contributed by atoms with Crippen LogP contribution in [0.25, 0.3) is 0 Å². The monoisotopic (exact) mass is 366 g/mol. The molecule has 4 heterocycles. The predicted octanol–water partition coefficient (Wildman–Crippen LogP) is 0.0210. The van der Waals surface area contributed by atoms with Crippen molar-refractivity contribution in [1.82, 2.24) is 30.4 Å². The summed E-state index contributed by atoms with van der Waals surface area (Å²) in [5.41, 5.74) is 0. The number of piperazine rings is 1. The minimum atomic E-state index is -2.74. The first kappa shape index (κ1) is 17.7. The fraction of sp³-hybridized carbons (Fsp3) is 0.706. The number of carbonyl (C=O) groups excluding carboxylic acids is 1. The Bertz CT molecular complexity index is 645. The van der Waals surface area contributed by atoms with Gasteiger partial charge in [-0.05, 0) is 12.5 Å². The van der Waals surface area contributed by atoms with E-state index in [1.165, 1.54) is 4.90 Å². The van der Waals surface area contributed by atoms with Crippen LogP contribution in [0.2, 0.25) is 0 Å². The molecule has 1 aromatic heterocycles. The lowest BCUT2D eigenvalue weighted by Crippen LogP contribution is -2.51. The molecule has 3 aliphatic rings. The summed E-state index contributed by atoms with van der Waals surface area (Å²) < 4.78 is 26.7. The van der Waals surface area contributed by atoms with Gasteiger partial charge in [0, 0.05) is 57.6 Å². The summed E-state index contributed by atoms with van der Waals surface area (Å²) in [6, 6.07) is 1.72. The first-order valence-corrected chi connectivity index (χ1v) is 9.16. The van der Waals surface area contributed by atoms with Gasteiger partial charge in [-0.25, -0.2) is 18.7 Å². The second kappa shape index (κ2) is 7.13. The van der Waals surface area contributed by atoms with Gasteiger partial charge in [0.15, 0.2) is 0 Å². The average Bonchev–Trinajstić information content (AvgIpc) is 3.29. The van der Waals surface area contributed by atoms with Crippen LogP contribution in [0.15, 0.2) is 18.5 Å². The molecule has 0 saturated carbocycles. The number of nitrogens with zero attached hydrogens (tertiary/aromatic N) is 4. The molecule has 1 unspecified atom stereocenters. The van der Waals surface area contributed by atoms with Gasteiger partial charge in [-0.15, -0.1) is 0 Å². The lowest BCUT2D eigenvalue weighted by atomic mass is 10.1. The van der Waals surface area contributed by atoms with Crippen LogP contribution in [0.1, 0.15) is 24.7 Å². The minimum absolute atomic E-state index is 0.0666. The van der Waals surface area contributed by atoms with E-state index >= 15 is 0 Å². The molecule has 4 rings (SSSR count). The predicted molar refractivity (Wildman–Crippen MR) is 90.7 cm³/mol. The Balaban J connectivity index is 1.34. The molecule has 1 aromatic rings. The van der Waals surface area contributed by atoms with E-state index in [-0.39, 0.29) is 37.0 Å². The van der Waals surface area contributed by atoms with Gasteiger partial charge in [0.1, 0.15) is 5.82 Å². The Morgan fingerprint density at radius 2 is 2.04 bits per heavy atom. The molecule has 7 nitrogen and oxygen atoms in total. The maximum atomic E-state index is 13.4. The lowest BCUT2D eigenvalue weighted by molar-refractivity contribution is -0.133. The normalized spacial score (nSPS) is 32.1. The number of amides is 1. The largest absolute Gasteiger partial charge is 0.335 e. The Morgan fingerprint density at radius 1 is 1.23 bits per heavy atom. The summed E-state index contributed by atoms with van der Waals surface area (Å²) >= 11 is 0. The Kier molecular flexibility index (Phi) is 4.85. The van der Waals surface area contributed by atoms with Crippen LogP contribution in [0.5, 0.6) is 0 Å². The summed E-state index contributed by atoms with van der Waals surface area (Å²) in [5.74, 6) is -2.16. The zero-order valence-corrected chi connectivity index (χ0v) is 14.6. The summed E-state index contributed by atoms with van der Waals surface area (Å²) in [7, 11) is 0. The lowest BCUT2D eigenvalue weighted by Gasteiger charge is -2.36. The van der Waals surface area contributed by atoms with Gasteiger partial charge in [-0.2, -0.15) is 0 Å². The second-order valence-corrected chi connectivity index (χ2v) is 7.32. The maximum Gasteiger partial charge on any atom is 0.267 e. The molecule has 26 heavy (non-hydrogen) atoms. The topological polar surface area (TPSA) is 73.4 Å². The molecule has 9 heteroatoms. The highest BCUT2D eigenvalue weighted by atomic mass is 19.3. The van der Waals surface area contributed by atoms with Crippen molar-refractivity contribution in [2.24, 2.45) is 0 Å². The van der Waals surface area contributed by atoms with E-state index in [9.17, 15) is 13.6 Å². The van der Waals surface area contributed by atoms with Gasteiger partial charge in [-0.3, -0.25) is 9.69 Å². The van der Waals surface area contributed by atoms with Crippen molar-refractivity contribution in [3.05, 3.63) is 24.3 Å². The molecule has 0 bridgehead atoms. The molecule has 0 spiro atoms. The molecule has 0 aliphatic carbocycles. The minimum Gasteiger partial charge on any atom is -0.335 e. The third-order valence-electron chi connectivity index (χ3n) is 5.51. The molecule has 3 atom stereocenters. The van der Waals surface area contributed by atoms with E-state index < -0.39 is 12.5 Å². The van der Waals surface area contributed by atoms with Crippen molar-refractivity contribution < 1.29 is 13.6 Å². The van der Waals surface area contributed by atoms with E-state index in [1.54, 1.807) is 18.5 Å². The highest BCUT2D eigenvalue weighted by Gasteiger charge is 2.44. The summed E-state index contributed by atoms with van der Waals surface area (Å²) in [6.45, 7) is 2.89. The number of likely N-dealkylation sites (tertiary alicyclic amines) is 1. The highest BCUT2D eigenvalue weighted by Crippen LogP contribution is 2.28. The van der Waals surface area contributed by atoms with Gasteiger partial charge in [0.2, 0.25) is 5.91 Å². The number of carbonyl (C=O) groups is 1. The van der Waals surface area contributed by atoms with Crippen molar-refractivity contribution in [2.45, 2.75) is 36.9 Å². The molecule has 2 N–H and O–H groups in total. The van der Waals surface area contributed by atoms with Crippen molar-refractivity contribution in [3.8, 4) is 0 Å². The Hall–Kier alpha value is -1.71. The van der Waals surface area contributed by atoms with Crippen LogP contribution >= 0.6 is 0 Å². The molecule has 142 valence electrons. The van der Waals surface area contributed by atoms with E-state index in [0.29, 0.717) is 13.0 Å². The second-order valence-electron chi connectivity index (χ2n) is 7.32. The Labute approximate surface area is 151 Å². The number of aromatic nitrogens is 2. The molecule has 3 saturated heterocycles. The fourth-order valence-corrected chi connectivity index (χ4v) is 4.10. The Morgan fingerprint density at radius 3 is 2.77 bits per heavy atom. The molecule has 0 radical (unpaired) electrons. The quantitative estimate of drug-likeness (QED) is 0.786. The van der Waals surface area contributed by atoms with Crippen molar-refractivity contribution >= 4 is 5.91 Å². The molecular formula is C17H24F2N6O. The van der Waals surface area contributed by atoms with Crippen molar-refractivity contribution in [1.29, 1.82) is 0 Å². The van der Waals surface area contributed by atoms with Crippen LogP contribution in [-0.2, 0) is 4.79 Å². The SMILES string of the molecule is O=C([C@@H]1C[C@H](N2CCNC(c3ncccn3)C2)CN1)N1CCC(F)(F)C1. The molecular weight excluding hydrogens is 342 g/mol. The van der Waals surface area contributed by atoms with Crippen molar-refractivity contribution in [3.63, 3.8) is 0 Å². The van der Waals surface area contributed by atoms with Gasteiger partial charge in [-0.1, -0.05) is 0 Å². The number of rotatable bonds is 3. The fourth-order valence-electron chi connectivity index (χ4n) is 4.10. The van der Waals surface area contributed by atoms with Gasteiger partial charge in [0.25, 0.3) is 5.92 Å². The smallest absolute Gasteiger partial charge is 0.267 e. The summed E-state index contributed by atoms with van der Waals surface area (Å²) in [5, 5.41) is 6.66. The van der Waals surface area contributed by atoms with E-state index in [1.807, 2.05) is 0 Å². The molecule has 1 amide bonds. The number of hydrogen-bond acceptors (Lipinski definition) is 6. The maximum absolute atomic E-state index is 13.4. The average molecular weight is 366 g/mol. The number of alkyl halides is 2. The van der Waals surface area contributed by atoms with Crippen LogP contribution in [-0.4, -0.2) is 82.9 Å². The van der Waals surface area contributed by atoms with Crippen LogP contribution in [0.3, 0.4) is 0 Å². The van der Waals surface area contributed by atoms with E-state index in [4.69, 9.17) is 0 Å². The van der Waals surface area contributed by atoms with Crippen molar-refractivity contribution in [2.75, 3.05) is 39.3 Å². The molecule has 3 aliphatic heterocycles. The van der Waals surface area contributed by atoms with Gasteiger partial charge < -0.3 is 15.5 Å². The van der Waals surface area contributed by atoms with E-state index in [2.05, 4.69) is 25.5 Å².